The van der Waals surface area contributed by atoms with Crippen LogP contribution in [0, 0.1) is 0 Å². The van der Waals surface area contributed by atoms with Crippen molar-refractivity contribution in [3.05, 3.63) is 46.8 Å². The maximum atomic E-state index is 6.01. The van der Waals surface area contributed by atoms with Crippen molar-refractivity contribution in [3.8, 4) is 10.7 Å². The molecule has 7 heteroatoms. The van der Waals surface area contributed by atoms with Gasteiger partial charge in [-0.05, 0) is 17.5 Å². The molecule has 0 radical (unpaired) electrons. The fourth-order valence-electron chi connectivity index (χ4n) is 1.59. The Morgan fingerprint density at radius 2 is 2.32 bits per heavy atom. The van der Waals surface area contributed by atoms with E-state index >= 15 is 0 Å². The maximum absolute atomic E-state index is 6.01. The lowest BCUT2D eigenvalue weighted by Gasteiger charge is -2.04. The molecule has 0 aliphatic carbocycles. The number of nitrogens with zero attached hydrogens (tertiary/aromatic N) is 3. The number of aromatic amines is 1. The van der Waals surface area contributed by atoms with Crippen molar-refractivity contribution in [2.75, 3.05) is 5.32 Å². The van der Waals surface area contributed by atoms with Crippen LogP contribution in [-0.4, -0.2) is 20.2 Å². The largest absolute Gasteiger partial charge is 0.376 e. The molecule has 0 aliphatic heterocycles. The number of halogens is 1. The molecule has 3 aromatic heterocycles. The van der Waals surface area contributed by atoms with Crippen LogP contribution < -0.4 is 5.32 Å². The molecule has 96 valence electrons. The molecule has 0 saturated carbocycles. The number of H-pyrrole nitrogens is 1. The van der Waals surface area contributed by atoms with Gasteiger partial charge in [-0.15, -0.1) is 11.3 Å². The van der Waals surface area contributed by atoms with E-state index in [1.807, 2.05) is 23.6 Å². The highest BCUT2D eigenvalue weighted by Crippen LogP contribution is 2.22. The summed E-state index contributed by atoms with van der Waals surface area (Å²) in [5, 5.41) is 12.9. The average molecular weight is 292 g/mol. The van der Waals surface area contributed by atoms with Crippen molar-refractivity contribution in [1.82, 2.24) is 20.2 Å². The number of thiophene rings is 1. The van der Waals surface area contributed by atoms with Gasteiger partial charge in [-0.25, -0.2) is 4.98 Å². The summed E-state index contributed by atoms with van der Waals surface area (Å²) in [4.78, 5) is 9.40. The van der Waals surface area contributed by atoms with E-state index in [0.29, 0.717) is 17.4 Å². The number of rotatable bonds is 4. The lowest BCUT2D eigenvalue weighted by atomic mass is 10.4. The second-order valence-corrected chi connectivity index (χ2v) is 5.15. The Morgan fingerprint density at radius 3 is 3.11 bits per heavy atom. The highest BCUT2D eigenvalue weighted by atomic mass is 35.5. The minimum atomic E-state index is 0.530. The van der Waals surface area contributed by atoms with E-state index in [4.69, 9.17) is 11.6 Å². The van der Waals surface area contributed by atoms with Crippen molar-refractivity contribution in [1.29, 1.82) is 0 Å². The van der Waals surface area contributed by atoms with Crippen molar-refractivity contribution >= 4 is 28.6 Å². The standard InChI is InChI=1S/C12H10ClN5S/c13-8-6-14-4-3-9(8)15-7-11-16-12(18-17-11)10-2-1-5-19-10/h1-6H,7H2,(H,14,15)(H,16,17,18). The predicted molar refractivity (Wildman–Crippen MR) is 76.3 cm³/mol. The van der Waals surface area contributed by atoms with Crippen LogP contribution in [0.25, 0.3) is 10.7 Å². The van der Waals surface area contributed by atoms with Crippen LogP contribution in [0.5, 0.6) is 0 Å². The first kappa shape index (κ1) is 12.1. The van der Waals surface area contributed by atoms with Crippen LogP contribution >= 0.6 is 22.9 Å². The first-order valence-electron chi connectivity index (χ1n) is 5.61. The molecule has 3 heterocycles. The van der Waals surface area contributed by atoms with Gasteiger partial charge in [0.05, 0.1) is 22.1 Å². The molecule has 3 aromatic rings. The normalized spacial score (nSPS) is 10.6. The van der Waals surface area contributed by atoms with Gasteiger partial charge in [0, 0.05) is 12.4 Å². The molecule has 0 bridgehead atoms. The molecular formula is C12H10ClN5S. The van der Waals surface area contributed by atoms with Gasteiger partial charge in [0.15, 0.2) is 5.82 Å². The highest BCUT2D eigenvalue weighted by molar-refractivity contribution is 7.13. The van der Waals surface area contributed by atoms with E-state index < -0.39 is 0 Å². The summed E-state index contributed by atoms with van der Waals surface area (Å²) in [6.07, 6.45) is 3.28. The molecule has 0 atom stereocenters. The molecule has 0 amide bonds. The number of hydrogen-bond acceptors (Lipinski definition) is 5. The topological polar surface area (TPSA) is 66.5 Å². The smallest absolute Gasteiger partial charge is 0.191 e. The molecule has 0 aromatic carbocycles. The lowest BCUT2D eigenvalue weighted by molar-refractivity contribution is 0.954. The first-order chi connectivity index (χ1) is 9.33. The highest BCUT2D eigenvalue weighted by Gasteiger charge is 2.07. The summed E-state index contributed by atoms with van der Waals surface area (Å²) < 4.78 is 0. The van der Waals surface area contributed by atoms with E-state index in [1.54, 1.807) is 23.7 Å². The Morgan fingerprint density at radius 1 is 1.37 bits per heavy atom. The molecule has 19 heavy (non-hydrogen) atoms. The Balaban J connectivity index is 1.70. The van der Waals surface area contributed by atoms with Gasteiger partial charge in [-0.2, -0.15) is 5.10 Å². The van der Waals surface area contributed by atoms with Crippen LogP contribution in [0.3, 0.4) is 0 Å². The van der Waals surface area contributed by atoms with Crippen molar-refractivity contribution < 1.29 is 0 Å². The monoisotopic (exact) mass is 291 g/mol. The Hall–Kier alpha value is -1.92. The van der Waals surface area contributed by atoms with Crippen LogP contribution in [0.1, 0.15) is 5.82 Å². The fraction of sp³-hybridized carbons (Fsp3) is 0.0833. The molecule has 3 rings (SSSR count). The quantitative estimate of drug-likeness (QED) is 0.775. The molecular weight excluding hydrogens is 282 g/mol. The molecule has 0 saturated heterocycles. The Bertz CT molecular complexity index is 664. The second kappa shape index (κ2) is 5.38. The van der Waals surface area contributed by atoms with Crippen LogP contribution in [0.4, 0.5) is 5.69 Å². The summed E-state index contributed by atoms with van der Waals surface area (Å²) in [6, 6.07) is 5.79. The lowest BCUT2D eigenvalue weighted by Crippen LogP contribution is -2.01. The van der Waals surface area contributed by atoms with Crippen LogP contribution in [0.15, 0.2) is 36.0 Å². The van der Waals surface area contributed by atoms with Crippen LogP contribution in [-0.2, 0) is 6.54 Å². The predicted octanol–water partition coefficient (Wildman–Crippen LogP) is 3.19. The zero-order valence-corrected chi connectivity index (χ0v) is 11.4. The Labute approximate surface area is 118 Å². The molecule has 0 spiro atoms. The summed E-state index contributed by atoms with van der Waals surface area (Å²) in [6.45, 7) is 0.530. The summed E-state index contributed by atoms with van der Waals surface area (Å²) in [7, 11) is 0. The average Bonchev–Trinajstić information content (AvgIpc) is 3.09. The number of aromatic nitrogens is 4. The van der Waals surface area contributed by atoms with E-state index in [-0.39, 0.29) is 0 Å². The van der Waals surface area contributed by atoms with Gasteiger partial charge in [0.2, 0.25) is 0 Å². The minimum absolute atomic E-state index is 0.530. The van der Waals surface area contributed by atoms with Gasteiger partial charge >= 0.3 is 0 Å². The number of nitrogens with one attached hydrogen (secondary N) is 2. The van der Waals surface area contributed by atoms with E-state index in [0.717, 1.165) is 16.4 Å². The maximum Gasteiger partial charge on any atom is 0.191 e. The third kappa shape index (κ3) is 2.74. The zero-order chi connectivity index (χ0) is 13.1. The third-order valence-electron chi connectivity index (χ3n) is 2.49. The first-order valence-corrected chi connectivity index (χ1v) is 6.87. The van der Waals surface area contributed by atoms with Gasteiger partial charge < -0.3 is 5.32 Å². The fourth-order valence-corrected chi connectivity index (χ4v) is 2.43. The molecule has 0 fully saturated rings. The summed E-state index contributed by atoms with van der Waals surface area (Å²) in [5.74, 6) is 1.48. The molecule has 0 unspecified atom stereocenters. The van der Waals surface area contributed by atoms with Gasteiger partial charge in [0.1, 0.15) is 5.82 Å². The van der Waals surface area contributed by atoms with Gasteiger partial charge in [-0.3, -0.25) is 10.1 Å². The number of hydrogen-bond donors (Lipinski definition) is 2. The summed E-state index contributed by atoms with van der Waals surface area (Å²) in [5.41, 5.74) is 0.825. The number of anilines is 1. The second-order valence-electron chi connectivity index (χ2n) is 3.79. The van der Waals surface area contributed by atoms with Gasteiger partial charge in [-0.1, -0.05) is 17.7 Å². The zero-order valence-electron chi connectivity index (χ0n) is 9.80. The van der Waals surface area contributed by atoms with E-state index in [1.165, 1.54) is 0 Å². The van der Waals surface area contributed by atoms with E-state index in [2.05, 4.69) is 25.5 Å². The molecule has 2 N–H and O–H groups in total. The molecule has 5 nitrogen and oxygen atoms in total. The minimum Gasteiger partial charge on any atom is -0.376 e. The SMILES string of the molecule is Clc1cnccc1NCc1nc(-c2cccs2)n[nH]1. The number of pyridine rings is 1. The van der Waals surface area contributed by atoms with Crippen LogP contribution in [0.2, 0.25) is 5.02 Å². The van der Waals surface area contributed by atoms with Crippen molar-refractivity contribution in [2.45, 2.75) is 6.54 Å². The Kier molecular flexibility index (Phi) is 3.43. The van der Waals surface area contributed by atoms with E-state index in [9.17, 15) is 0 Å². The molecule has 0 aliphatic rings. The summed E-state index contributed by atoms with van der Waals surface area (Å²) >= 11 is 7.62. The third-order valence-corrected chi connectivity index (χ3v) is 3.66. The van der Waals surface area contributed by atoms with Crippen molar-refractivity contribution in [2.24, 2.45) is 0 Å². The van der Waals surface area contributed by atoms with Gasteiger partial charge in [0.25, 0.3) is 0 Å². The van der Waals surface area contributed by atoms with Crippen molar-refractivity contribution in [3.63, 3.8) is 0 Å².